The number of halogens is 3. The molecule has 32 heavy (non-hydrogen) atoms. The standard InChI is InChI=1S/C23H24ClF2NO5/c1-29-16-5-12(6-17(30-2)18(16)31-21(25)26)4-15-19(28)32-20(27-15)22-7-13-3-14(8-22)10-23(24,9-13)11-22/h4-6,13-14,21H,3,7-11H2,1-2H3/b15-4-. The lowest BCUT2D eigenvalue weighted by Gasteiger charge is -2.59. The molecule has 1 aromatic carbocycles. The van der Waals surface area contributed by atoms with E-state index in [0.717, 1.165) is 32.1 Å². The largest absolute Gasteiger partial charge is 0.493 e. The lowest BCUT2D eigenvalue weighted by Crippen LogP contribution is -2.56. The van der Waals surface area contributed by atoms with Crippen molar-refractivity contribution in [3.05, 3.63) is 23.4 Å². The lowest BCUT2D eigenvalue weighted by atomic mass is 9.49. The third-order valence-corrected chi connectivity index (χ3v) is 7.50. The molecule has 6 nitrogen and oxygen atoms in total. The first-order valence-electron chi connectivity index (χ1n) is 10.7. The van der Waals surface area contributed by atoms with Crippen LogP contribution in [0, 0.1) is 17.3 Å². The quantitative estimate of drug-likeness (QED) is 0.327. The lowest BCUT2D eigenvalue weighted by molar-refractivity contribution is -0.131. The molecule has 0 spiro atoms. The summed E-state index contributed by atoms with van der Waals surface area (Å²) in [6, 6.07) is 2.96. The SMILES string of the molecule is COc1cc(/C=C2\N=C(C34CC5CC(CC(Cl)(C5)C3)C4)OC2=O)cc(OC)c1OC(F)F. The number of cyclic esters (lactones) is 1. The van der Waals surface area contributed by atoms with E-state index in [1.54, 1.807) is 0 Å². The van der Waals surface area contributed by atoms with Crippen LogP contribution in [-0.2, 0) is 9.53 Å². The Kier molecular flexibility index (Phi) is 5.11. The number of esters is 1. The molecule has 4 fully saturated rings. The topological polar surface area (TPSA) is 66.4 Å². The van der Waals surface area contributed by atoms with Crippen LogP contribution in [0.2, 0.25) is 0 Å². The highest BCUT2D eigenvalue weighted by atomic mass is 35.5. The van der Waals surface area contributed by atoms with E-state index >= 15 is 0 Å². The summed E-state index contributed by atoms with van der Waals surface area (Å²) in [5.41, 5.74) is 0.337. The van der Waals surface area contributed by atoms with Gasteiger partial charge in [0.25, 0.3) is 0 Å². The molecule has 0 aromatic heterocycles. The van der Waals surface area contributed by atoms with Crippen LogP contribution in [0.5, 0.6) is 17.2 Å². The van der Waals surface area contributed by atoms with E-state index in [1.807, 2.05) is 0 Å². The van der Waals surface area contributed by atoms with Gasteiger partial charge < -0.3 is 18.9 Å². The number of rotatable bonds is 6. The molecule has 172 valence electrons. The van der Waals surface area contributed by atoms with Crippen molar-refractivity contribution in [1.29, 1.82) is 0 Å². The Morgan fingerprint density at radius 1 is 1.16 bits per heavy atom. The van der Waals surface area contributed by atoms with Gasteiger partial charge in [0, 0.05) is 10.3 Å². The zero-order valence-electron chi connectivity index (χ0n) is 17.8. The highest BCUT2D eigenvalue weighted by Crippen LogP contribution is 2.64. The van der Waals surface area contributed by atoms with Crippen molar-refractivity contribution in [1.82, 2.24) is 0 Å². The number of alkyl halides is 3. The first-order valence-corrected chi connectivity index (χ1v) is 11.0. The van der Waals surface area contributed by atoms with Crippen molar-refractivity contribution in [3.8, 4) is 17.2 Å². The number of aliphatic imine (C=N–C) groups is 1. The molecule has 0 amide bonds. The zero-order chi connectivity index (χ0) is 22.7. The summed E-state index contributed by atoms with van der Waals surface area (Å²) >= 11 is 6.92. The van der Waals surface area contributed by atoms with E-state index in [9.17, 15) is 13.6 Å². The number of carbonyl (C=O) groups excluding carboxylic acids is 1. The second-order valence-electron chi connectivity index (χ2n) is 9.36. The molecule has 1 aromatic rings. The van der Waals surface area contributed by atoms with Gasteiger partial charge in [-0.1, -0.05) is 0 Å². The molecule has 0 radical (unpaired) electrons. The van der Waals surface area contributed by atoms with Crippen LogP contribution in [0.3, 0.4) is 0 Å². The summed E-state index contributed by atoms with van der Waals surface area (Å²) in [6.07, 6.45) is 7.41. The second-order valence-corrected chi connectivity index (χ2v) is 10.2. The van der Waals surface area contributed by atoms with Crippen molar-refractivity contribution in [2.24, 2.45) is 22.2 Å². The Labute approximate surface area is 189 Å². The molecule has 1 heterocycles. The van der Waals surface area contributed by atoms with Gasteiger partial charge in [0.2, 0.25) is 11.6 Å². The van der Waals surface area contributed by atoms with E-state index < -0.39 is 12.6 Å². The molecule has 5 aliphatic rings. The monoisotopic (exact) mass is 467 g/mol. The third-order valence-electron chi connectivity index (χ3n) is 7.06. The van der Waals surface area contributed by atoms with Gasteiger partial charge in [-0.25, -0.2) is 9.79 Å². The predicted molar refractivity (Wildman–Crippen MR) is 113 cm³/mol. The molecular formula is C23H24ClF2NO5. The van der Waals surface area contributed by atoms with Gasteiger partial charge in [0.1, 0.15) is 0 Å². The van der Waals surface area contributed by atoms with Crippen LogP contribution in [0.4, 0.5) is 8.78 Å². The fraction of sp³-hybridized carbons (Fsp3) is 0.565. The number of carbonyl (C=O) groups is 1. The van der Waals surface area contributed by atoms with E-state index in [2.05, 4.69) is 9.73 Å². The fourth-order valence-corrected chi connectivity index (χ4v) is 7.08. The summed E-state index contributed by atoms with van der Waals surface area (Å²) in [5.74, 6) is 0.897. The van der Waals surface area contributed by atoms with E-state index in [1.165, 1.54) is 38.8 Å². The number of hydrogen-bond acceptors (Lipinski definition) is 6. The number of hydrogen-bond donors (Lipinski definition) is 0. The number of benzene rings is 1. The van der Waals surface area contributed by atoms with E-state index in [-0.39, 0.29) is 33.2 Å². The van der Waals surface area contributed by atoms with Crippen LogP contribution in [0.25, 0.3) is 6.08 Å². The average molecular weight is 468 g/mol. The Morgan fingerprint density at radius 2 is 1.78 bits per heavy atom. The van der Waals surface area contributed by atoms with Crippen LogP contribution >= 0.6 is 11.6 Å². The molecule has 9 heteroatoms. The first-order chi connectivity index (χ1) is 15.2. The minimum atomic E-state index is -3.04. The molecular weight excluding hydrogens is 444 g/mol. The minimum Gasteiger partial charge on any atom is -0.493 e. The van der Waals surface area contributed by atoms with Crippen molar-refractivity contribution >= 4 is 29.5 Å². The van der Waals surface area contributed by atoms with E-state index in [0.29, 0.717) is 23.3 Å². The van der Waals surface area contributed by atoms with Crippen LogP contribution < -0.4 is 14.2 Å². The van der Waals surface area contributed by atoms with Gasteiger partial charge in [-0.15, -0.1) is 11.6 Å². The van der Waals surface area contributed by atoms with Crippen LogP contribution in [0.1, 0.15) is 44.1 Å². The number of ether oxygens (including phenoxy) is 4. The average Bonchev–Trinajstić information content (AvgIpc) is 3.07. The summed E-state index contributed by atoms with van der Waals surface area (Å²) in [5, 5.41) is 0. The molecule has 6 rings (SSSR count). The number of methoxy groups -OCH3 is 2. The van der Waals surface area contributed by atoms with Gasteiger partial charge in [-0.3, -0.25) is 0 Å². The van der Waals surface area contributed by atoms with Gasteiger partial charge in [-0.05, 0) is 74.1 Å². The van der Waals surface area contributed by atoms with Gasteiger partial charge in [0.05, 0.1) is 14.2 Å². The molecule has 4 aliphatic carbocycles. The summed E-state index contributed by atoms with van der Waals surface area (Å²) in [6.45, 7) is -3.04. The Hall–Kier alpha value is -2.35. The van der Waals surface area contributed by atoms with Crippen LogP contribution in [0.15, 0.2) is 22.8 Å². The molecule has 0 saturated heterocycles. The normalized spacial score (nSPS) is 34.1. The molecule has 4 saturated carbocycles. The molecule has 0 N–H and O–H groups in total. The predicted octanol–water partition coefficient (Wildman–Crippen LogP) is 5.18. The maximum atomic E-state index is 12.8. The maximum Gasteiger partial charge on any atom is 0.387 e. The Morgan fingerprint density at radius 3 is 2.31 bits per heavy atom. The zero-order valence-corrected chi connectivity index (χ0v) is 18.6. The summed E-state index contributed by atoms with van der Waals surface area (Å²) in [4.78, 5) is 17.0. The highest BCUT2D eigenvalue weighted by molar-refractivity contribution is 6.24. The third kappa shape index (κ3) is 3.62. The Balaban J connectivity index is 1.48. The maximum absolute atomic E-state index is 12.8. The summed E-state index contributed by atoms with van der Waals surface area (Å²) in [7, 11) is 2.66. The number of nitrogens with zero attached hydrogens (tertiary/aromatic N) is 1. The van der Waals surface area contributed by atoms with Crippen molar-refractivity contribution in [3.63, 3.8) is 0 Å². The smallest absolute Gasteiger partial charge is 0.387 e. The summed E-state index contributed by atoms with van der Waals surface area (Å²) < 4.78 is 46.1. The minimum absolute atomic E-state index is 0.0530. The van der Waals surface area contributed by atoms with Crippen LogP contribution in [-0.4, -0.2) is 37.6 Å². The van der Waals surface area contributed by atoms with Crippen molar-refractivity contribution < 1.29 is 32.5 Å². The van der Waals surface area contributed by atoms with Gasteiger partial charge >= 0.3 is 12.6 Å². The Bertz CT molecular complexity index is 985. The van der Waals surface area contributed by atoms with Crippen molar-refractivity contribution in [2.45, 2.75) is 50.0 Å². The van der Waals surface area contributed by atoms with Gasteiger partial charge in [0.15, 0.2) is 17.2 Å². The van der Waals surface area contributed by atoms with Gasteiger partial charge in [-0.2, -0.15) is 8.78 Å². The molecule has 4 bridgehead atoms. The van der Waals surface area contributed by atoms with E-state index in [4.69, 9.17) is 25.8 Å². The molecule has 2 unspecified atom stereocenters. The van der Waals surface area contributed by atoms with Crippen molar-refractivity contribution in [2.75, 3.05) is 14.2 Å². The molecule has 2 atom stereocenters. The fourth-order valence-electron chi connectivity index (χ4n) is 6.38. The first kappa shape index (κ1) is 21.5. The second kappa shape index (κ2) is 7.61. The highest BCUT2D eigenvalue weighted by Gasteiger charge is 2.60. The molecule has 1 aliphatic heterocycles.